The maximum Gasteiger partial charge on any atom is 0.359 e. The van der Waals surface area contributed by atoms with Crippen LogP contribution in [-0.2, 0) is 27.8 Å². The van der Waals surface area contributed by atoms with E-state index in [4.69, 9.17) is 4.74 Å². The summed E-state index contributed by atoms with van der Waals surface area (Å²) in [4.78, 5) is 48.8. The molecule has 0 saturated heterocycles. The highest BCUT2D eigenvalue weighted by molar-refractivity contribution is 6.02. The molecular weight excluding hydrogens is 386 g/mol. The lowest BCUT2D eigenvalue weighted by Crippen LogP contribution is -2.43. The molecule has 0 spiro atoms. The van der Waals surface area contributed by atoms with E-state index in [0.29, 0.717) is 17.2 Å². The van der Waals surface area contributed by atoms with Crippen LogP contribution in [0.4, 0.5) is 0 Å². The average molecular weight is 407 g/mol. The van der Waals surface area contributed by atoms with Gasteiger partial charge >= 0.3 is 5.97 Å². The Hall–Kier alpha value is -3.81. The van der Waals surface area contributed by atoms with Gasteiger partial charge in [0.15, 0.2) is 18.1 Å². The van der Waals surface area contributed by atoms with Crippen LogP contribution in [0.3, 0.4) is 0 Å². The summed E-state index contributed by atoms with van der Waals surface area (Å²) in [7, 11) is 1.43. The molecule has 0 unspecified atom stereocenters. The first-order valence-electron chi connectivity index (χ1n) is 9.33. The topological polar surface area (TPSA) is 107 Å². The summed E-state index contributed by atoms with van der Waals surface area (Å²) >= 11 is 0. The van der Waals surface area contributed by atoms with Gasteiger partial charge in [-0.1, -0.05) is 48.5 Å². The third kappa shape index (κ3) is 4.78. The van der Waals surface area contributed by atoms with Gasteiger partial charge in [-0.3, -0.25) is 14.4 Å². The predicted octanol–water partition coefficient (Wildman–Crippen LogP) is 1.41. The molecule has 8 heteroatoms. The van der Waals surface area contributed by atoms with Crippen LogP contribution in [-0.4, -0.2) is 40.1 Å². The third-order valence-corrected chi connectivity index (χ3v) is 4.59. The van der Waals surface area contributed by atoms with Crippen LogP contribution in [0.5, 0.6) is 0 Å². The first-order valence-corrected chi connectivity index (χ1v) is 9.33. The Morgan fingerprint density at radius 1 is 1.03 bits per heavy atom. The molecule has 1 amide bonds. The standard InChI is InChI=1S/C22H21N3O5/c1-14(26)18(12-15-8-4-3-5-9-15)23-19(27)13-30-22(29)20-16-10-6-7-11-17(16)21(28)25(2)24-20/h3-11,18H,12-13H2,1-2H3,(H,23,27)/t18-/m0/s1. The van der Waals surface area contributed by atoms with Crippen LogP contribution >= 0.6 is 0 Å². The third-order valence-electron chi connectivity index (χ3n) is 4.59. The highest BCUT2D eigenvalue weighted by Crippen LogP contribution is 2.14. The van der Waals surface area contributed by atoms with Gasteiger partial charge in [-0.25, -0.2) is 9.48 Å². The van der Waals surface area contributed by atoms with E-state index in [-0.39, 0.29) is 17.0 Å². The van der Waals surface area contributed by atoms with Crippen molar-refractivity contribution in [3.63, 3.8) is 0 Å². The van der Waals surface area contributed by atoms with E-state index in [0.717, 1.165) is 10.2 Å². The van der Waals surface area contributed by atoms with Gasteiger partial charge < -0.3 is 10.1 Å². The van der Waals surface area contributed by atoms with Crippen LogP contribution < -0.4 is 10.9 Å². The Morgan fingerprint density at radius 2 is 1.67 bits per heavy atom. The van der Waals surface area contributed by atoms with Crippen molar-refractivity contribution >= 4 is 28.4 Å². The number of amides is 1. The predicted molar refractivity (Wildman–Crippen MR) is 110 cm³/mol. The molecule has 1 aromatic heterocycles. The number of nitrogens with zero attached hydrogens (tertiary/aromatic N) is 2. The number of nitrogens with one attached hydrogen (secondary N) is 1. The molecule has 1 atom stereocenters. The molecule has 3 aromatic rings. The van der Waals surface area contributed by atoms with Crippen molar-refractivity contribution in [2.45, 2.75) is 19.4 Å². The average Bonchev–Trinajstić information content (AvgIpc) is 2.74. The van der Waals surface area contributed by atoms with Gasteiger partial charge in [0.1, 0.15) is 0 Å². The van der Waals surface area contributed by atoms with Gasteiger partial charge in [-0.05, 0) is 25.0 Å². The number of rotatable bonds is 7. The van der Waals surface area contributed by atoms with Crippen molar-refractivity contribution in [2.75, 3.05) is 6.61 Å². The molecule has 0 radical (unpaired) electrons. The number of aryl methyl sites for hydroxylation is 1. The summed E-state index contributed by atoms with van der Waals surface area (Å²) in [6.45, 7) is 0.816. The van der Waals surface area contributed by atoms with E-state index < -0.39 is 24.5 Å². The maximum absolute atomic E-state index is 12.5. The number of ketones is 1. The number of ether oxygens (including phenoxy) is 1. The van der Waals surface area contributed by atoms with Gasteiger partial charge in [0.05, 0.1) is 11.4 Å². The lowest BCUT2D eigenvalue weighted by atomic mass is 10.0. The monoisotopic (exact) mass is 407 g/mol. The molecule has 2 aromatic carbocycles. The Morgan fingerprint density at radius 3 is 2.33 bits per heavy atom. The van der Waals surface area contributed by atoms with Crippen LogP contribution in [0, 0.1) is 0 Å². The molecule has 0 saturated carbocycles. The summed E-state index contributed by atoms with van der Waals surface area (Å²) in [5.41, 5.74) is 0.494. The summed E-state index contributed by atoms with van der Waals surface area (Å²) < 4.78 is 6.13. The molecule has 1 N–H and O–H groups in total. The number of hydrogen-bond donors (Lipinski definition) is 1. The molecule has 3 rings (SSSR count). The van der Waals surface area contributed by atoms with Gasteiger partial charge in [0.25, 0.3) is 11.5 Å². The molecule has 0 fully saturated rings. The molecular formula is C22H21N3O5. The van der Waals surface area contributed by atoms with Gasteiger partial charge in [-0.15, -0.1) is 0 Å². The van der Waals surface area contributed by atoms with E-state index in [9.17, 15) is 19.2 Å². The second-order valence-electron chi connectivity index (χ2n) is 6.82. The Balaban J connectivity index is 1.68. The molecule has 0 bridgehead atoms. The zero-order chi connectivity index (χ0) is 21.7. The SMILES string of the molecule is CC(=O)[C@H](Cc1ccccc1)NC(=O)COC(=O)c1nn(C)c(=O)c2ccccc12. The minimum absolute atomic E-state index is 0.0621. The first kappa shape index (κ1) is 20.9. The van der Waals surface area contributed by atoms with Crippen molar-refractivity contribution in [3.05, 3.63) is 76.2 Å². The highest BCUT2D eigenvalue weighted by atomic mass is 16.5. The molecule has 0 aliphatic carbocycles. The number of carbonyl (C=O) groups excluding carboxylic acids is 3. The van der Waals surface area contributed by atoms with Gasteiger partial charge in [0.2, 0.25) is 0 Å². The van der Waals surface area contributed by atoms with Gasteiger partial charge in [0, 0.05) is 12.4 Å². The number of aromatic nitrogens is 2. The van der Waals surface area contributed by atoms with Crippen molar-refractivity contribution in [1.29, 1.82) is 0 Å². The van der Waals surface area contributed by atoms with Crippen LogP contribution in [0.25, 0.3) is 10.8 Å². The lowest BCUT2D eigenvalue weighted by Gasteiger charge is -2.16. The number of carbonyl (C=O) groups is 3. The van der Waals surface area contributed by atoms with Crippen molar-refractivity contribution in [2.24, 2.45) is 7.05 Å². The van der Waals surface area contributed by atoms with Crippen LogP contribution in [0.2, 0.25) is 0 Å². The molecule has 154 valence electrons. The zero-order valence-corrected chi connectivity index (χ0v) is 16.6. The van der Waals surface area contributed by atoms with Crippen LogP contribution in [0.1, 0.15) is 23.0 Å². The second-order valence-corrected chi connectivity index (χ2v) is 6.82. The molecule has 0 aliphatic heterocycles. The number of benzene rings is 2. The molecule has 30 heavy (non-hydrogen) atoms. The fourth-order valence-electron chi connectivity index (χ4n) is 3.03. The van der Waals surface area contributed by atoms with Gasteiger partial charge in [-0.2, -0.15) is 5.10 Å². The second kappa shape index (κ2) is 9.13. The Kier molecular flexibility index (Phi) is 6.36. The largest absolute Gasteiger partial charge is 0.451 e. The van der Waals surface area contributed by atoms with E-state index in [1.54, 1.807) is 24.3 Å². The van der Waals surface area contributed by atoms with Crippen molar-refractivity contribution in [1.82, 2.24) is 15.1 Å². The fraction of sp³-hybridized carbons (Fsp3) is 0.227. The van der Waals surface area contributed by atoms with Crippen LogP contribution in [0.15, 0.2) is 59.4 Å². The normalized spacial score (nSPS) is 11.7. The number of Topliss-reactive ketones (excluding diaryl/α,β-unsaturated/α-hetero) is 1. The van der Waals surface area contributed by atoms with Crippen molar-refractivity contribution < 1.29 is 19.1 Å². The lowest BCUT2D eigenvalue weighted by molar-refractivity contribution is -0.128. The molecule has 1 heterocycles. The molecule has 0 aliphatic rings. The first-order chi connectivity index (χ1) is 14.4. The Labute approximate surface area is 172 Å². The highest BCUT2D eigenvalue weighted by Gasteiger charge is 2.21. The summed E-state index contributed by atoms with van der Waals surface area (Å²) in [5.74, 6) is -1.64. The molecule has 8 nitrogen and oxygen atoms in total. The van der Waals surface area contributed by atoms with E-state index in [1.807, 2.05) is 30.3 Å². The Bertz CT molecular complexity index is 1150. The zero-order valence-electron chi connectivity index (χ0n) is 16.6. The van der Waals surface area contributed by atoms with E-state index >= 15 is 0 Å². The van der Waals surface area contributed by atoms with E-state index in [1.165, 1.54) is 14.0 Å². The summed E-state index contributed by atoms with van der Waals surface area (Å²) in [5, 5.41) is 7.22. The maximum atomic E-state index is 12.5. The number of fused-ring (bicyclic) bond motifs is 1. The summed E-state index contributed by atoms with van der Waals surface area (Å²) in [6.07, 6.45) is 0.336. The number of esters is 1. The minimum atomic E-state index is -0.834. The minimum Gasteiger partial charge on any atom is -0.451 e. The quantitative estimate of drug-likeness (QED) is 0.594. The van der Waals surface area contributed by atoms with E-state index in [2.05, 4.69) is 10.4 Å². The fourth-order valence-corrected chi connectivity index (χ4v) is 3.03. The smallest absolute Gasteiger partial charge is 0.359 e. The number of hydrogen-bond acceptors (Lipinski definition) is 6. The summed E-state index contributed by atoms with van der Waals surface area (Å²) in [6, 6.07) is 15.1. The van der Waals surface area contributed by atoms with Crippen molar-refractivity contribution in [3.8, 4) is 0 Å².